The third-order valence-electron chi connectivity index (χ3n) is 3.63. The van der Waals surface area contributed by atoms with Gasteiger partial charge in [-0.15, -0.1) is 0 Å². The summed E-state index contributed by atoms with van der Waals surface area (Å²) in [7, 11) is 4.14. The van der Waals surface area contributed by atoms with Crippen LogP contribution in [0.5, 0.6) is 5.75 Å². The van der Waals surface area contributed by atoms with Crippen LogP contribution in [0.2, 0.25) is 0 Å². The SMILES string of the molecule is CN(C)C1(c2ccccc2)Cc2ccccc2O1. The third kappa shape index (κ3) is 1.61. The van der Waals surface area contributed by atoms with Crippen molar-refractivity contribution in [2.24, 2.45) is 0 Å². The number of para-hydroxylation sites is 1. The monoisotopic (exact) mass is 239 g/mol. The summed E-state index contributed by atoms with van der Waals surface area (Å²) in [5, 5.41) is 0. The predicted molar refractivity (Wildman–Crippen MR) is 72.6 cm³/mol. The van der Waals surface area contributed by atoms with E-state index in [9.17, 15) is 0 Å². The Balaban J connectivity index is 2.08. The van der Waals surface area contributed by atoms with Crippen LogP contribution < -0.4 is 4.74 Å². The quantitative estimate of drug-likeness (QED) is 0.798. The van der Waals surface area contributed by atoms with E-state index in [4.69, 9.17) is 4.74 Å². The first-order chi connectivity index (χ1) is 8.72. The van der Waals surface area contributed by atoms with Crippen LogP contribution >= 0.6 is 0 Å². The average Bonchev–Trinajstić information content (AvgIpc) is 2.80. The molecule has 1 aliphatic rings. The summed E-state index contributed by atoms with van der Waals surface area (Å²) in [6.07, 6.45) is 0.889. The Morgan fingerprint density at radius 2 is 1.61 bits per heavy atom. The summed E-state index contributed by atoms with van der Waals surface area (Å²) >= 11 is 0. The van der Waals surface area contributed by atoms with Crippen molar-refractivity contribution in [1.82, 2.24) is 4.90 Å². The minimum absolute atomic E-state index is 0.370. The van der Waals surface area contributed by atoms with Crippen molar-refractivity contribution in [3.8, 4) is 5.75 Å². The lowest BCUT2D eigenvalue weighted by molar-refractivity contribution is -0.0450. The molecule has 1 unspecified atom stereocenters. The van der Waals surface area contributed by atoms with E-state index in [0.29, 0.717) is 0 Å². The van der Waals surface area contributed by atoms with Crippen LogP contribution in [0.4, 0.5) is 0 Å². The number of rotatable bonds is 2. The van der Waals surface area contributed by atoms with Gasteiger partial charge in [0.2, 0.25) is 0 Å². The maximum atomic E-state index is 6.27. The van der Waals surface area contributed by atoms with E-state index < -0.39 is 0 Å². The number of hydrogen-bond acceptors (Lipinski definition) is 2. The normalized spacial score (nSPS) is 21.7. The Morgan fingerprint density at radius 3 is 2.28 bits per heavy atom. The fourth-order valence-electron chi connectivity index (χ4n) is 2.59. The summed E-state index contributed by atoms with van der Waals surface area (Å²) in [4.78, 5) is 2.16. The summed E-state index contributed by atoms with van der Waals surface area (Å²) in [6, 6.07) is 18.7. The van der Waals surface area contributed by atoms with Gasteiger partial charge in [0.15, 0.2) is 5.72 Å². The largest absolute Gasteiger partial charge is 0.468 e. The van der Waals surface area contributed by atoms with Gasteiger partial charge >= 0.3 is 0 Å². The fourth-order valence-corrected chi connectivity index (χ4v) is 2.59. The number of ether oxygens (including phenoxy) is 1. The van der Waals surface area contributed by atoms with E-state index >= 15 is 0 Å². The van der Waals surface area contributed by atoms with Crippen LogP contribution in [0, 0.1) is 0 Å². The maximum absolute atomic E-state index is 6.27. The Bertz CT molecular complexity index is 523. The second-order valence-corrected chi connectivity index (χ2v) is 4.93. The lowest BCUT2D eigenvalue weighted by Crippen LogP contribution is -2.45. The van der Waals surface area contributed by atoms with Gasteiger partial charge in [-0.3, -0.25) is 4.90 Å². The van der Waals surface area contributed by atoms with Crippen LogP contribution in [0.3, 0.4) is 0 Å². The van der Waals surface area contributed by atoms with Crippen molar-refractivity contribution in [2.45, 2.75) is 12.1 Å². The van der Waals surface area contributed by atoms with E-state index in [2.05, 4.69) is 55.4 Å². The van der Waals surface area contributed by atoms with E-state index in [-0.39, 0.29) is 5.72 Å². The zero-order valence-corrected chi connectivity index (χ0v) is 10.8. The zero-order valence-electron chi connectivity index (χ0n) is 10.8. The Morgan fingerprint density at radius 1 is 0.944 bits per heavy atom. The van der Waals surface area contributed by atoms with Gasteiger partial charge in [-0.2, -0.15) is 0 Å². The van der Waals surface area contributed by atoms with Gasteiger partial charge in [-0.1, -0.05) is 48.5 Å². The molecule has 2 aromatic rings. The molecule has 18 heavy (non-hydrogen) atoms. The van der Waals surface area contributed by atoms with Gasteiger partial charge in [0.1, 0.15) is 5.75 Å². The highest BCUT2D eigenvalue weighted by Gasteiger charge is 2.42. The molecule has 0 N–H and O–H groups in total. The van der Waals surface area contributed by atoms with Crippen molar-refractivity contribution in [2.75, 3.05) is 14.1 Å². The smallest absolute Gasteiger partial charge is 0.193 e. The number of hydrogen-bond donors (Lipinski definition) is 0. The lowest BCUT2D eigenvalue weighted by atomic mass is 9.96. The topological polar surface area (TPSA) is 12.5 Å². The van der Waals surface area contributed by atoms with Crippen LogP contribution in [0.1, 0.15) is 11.1 Å². The molecule has 92 valence electrons. The van der Waals surface area contributed by atoms with Gasteiger partial charge in [-0.05, 0) is 20.2 Å². The average molecular weight is 239 g/mol. The summed E-state index contributed by atoms with van der Waals surface area (Å²) in [5.41, 5.74) is 2.10. The van der Waals surface area contributed by atoms with Gasteiger partial charge in [0, 0.05) is 17.5 Å². The molecule has 0 aromatic heterocycles. The summed E-state index contributed by atoms with van der Waals surface area (Å²) in [6.45, 7) is 0. The Labute approximate surface area is 108 Å². The molecule has 3 rings (SSSR count). The molecule has 0 bridgehead atoms. The highest BCUT2D eigenvalue weighted by atomic mass is 16.5. The van der Waals surface area contributed by atoms with Gasteiger partial charge in [0.25, 0.3) is 0 Å². The highest BCUT2D eigenvalue weighted by Crippen LogP contribution is 2.42. The predicted octanol–water partition coefficient (Wildman–Crippen LogP) is 3.04. The molecule has 2 aromatic carbocycles. The molecular formula is C16H17NO. The third-order valence-corrected chi connectivity index (χ3v) is 3.63. The zero-order chi connectivity index (χ0) is 12.6. The molecule has 0 aliphatic carbocycles. The number of benzene rings is 2. The number of likely N-dealkylation sites (N-methyl/N-ethyl adjacent to an activating group) is 1. The van der Waals surface area contributed by atoms with E-state index in [1.54, 1.807) is 0 Å². The molecule has 2 nitrogen and oxygen atoms in total. The minimum atomic E-state index is -0.370. The maximum Gasteiger partial charge on any atom is 0.193 e. The van der Waals surface area contributed by atoms with Crippen LogP contribution in [0.25, 0.3) is 0 Å². The first kappa shape index (κ1) is 11.3. The van der Waals surface area contributed by atoms with Crippen LogP contribution in [-0.4, -0.2) is 19.0 Å². The first-order valence-corrected chi connectivity index (χ1v) is 6.22. The second kappa shape index (κ2) is 4.14. The molecule has 0 amide bonds. The molecule has 1 aliphatic heterocycles. The van der Waals surface area contributed by atoms with Crippen molar-refractivity contribution < 1.29 is 4.74 Å². The van der Waals surface area contributed by atoms with Crippen molar-refractivity contribution in [3.05, 3.63) is 65.7 Å². The van der Waals surface area contributed by atoms with Crippen LogP contribution in [0.15, 0.2) is 54.6 Å². The molecular weight excluding hydrogens is 222 g/mol. The van der Waals surface area contributed by atoms with Crippen molar-refractivity contribution in [3.63, 3.8) is 0 Å². The van der Waals surface area contributed by atoms with E-state index in [1.165, 1.54) is 11.1 Å². The Kier molecular flexibility index (Phi) is 2.60. The van der Waals surface area contributed by atoms with Crippen LogP contribution in [-0.2, 0) is 12.1 Å². The summed E-state index contributed by atoms with van der Waals surface area (Å²) in [5.74, 6) is 0.995. The standard InChI is InChI=1S/C16H17NO/c1-17(2)16(14-9-4-3-5-10-14)12-13-8-6-7-11-15(13)18-16/h3-11H,12H2,1-2H3. The van der Waals surface area contributed by atoms with E-state index in [1.807, 2.05) is 18.2 Å². The molecule has 0 radical (unpaired) electrons. The molecule has 1 atom stereocenters. The summed E-state index contributed by atoms with van der Waals surface area (Å²) < 4.78 is 6.27. The molecule has 0 fully saturated rings. The second-order valence-electron chi connectivity index (χ2n) is 4.93. The fraction of sp³-hybridized carbons (Fsp3) is 0.250. The molecule has 2 heteroatoms. The van der Waals surface area contributed by atoms with Crippen molar-refractivity contribution in [1.29, 1.82) is 0 Å². The number of fused-ring (bicyclic) bond motifs is 1. The lowest BCUT2D eigenvalue weighted by Gasteiger charge is -2.35. The van der Waals surface area contributed by atoms with Gasteiger partial charge < -0.3 is 4.74 Å². The minimum Gasteiger partial charge on any atom is -0.468 e. The van der Waals surface area contributed by atoms with Crippen molar-refractivity contribution >= 4 is 0 Å². The van der Waals surface area contributed by atoms with E-state index in [0.717, 1.165) is 12.2 Å². The first-order valence-electron chi connectivity index (χ1n) is 6.22. The molecule has 0 saturated heterocycles. The number of nitrogens with zero attached hydrogens (tertiary/aromatic N) is 1. The molecule has 1 heterocycles. The molecule has 0 saturated carbocycles. The van der Waals surface area contributed by atoms with Gasteiger partial charge in [-0.25, -0.2) is 0 Å². The van der Waals surface area contributed by atoms with Gasteiger partial charge in [0.05, 0.1) is 0 Å². The molecule has 0 spiro atoms. The highest BCUT2D eigenvalue weighted by molar-refractivity contribution is 5.42. The Hall–Kier alpha value is -1.80.